The van der Waals surface area contributed by atoms with Crippen molar-refractivity contribution in [1.29, 1.82) is 0 Å². The van der Waals surface area contributed by atoms with Crippen molar-refractivity contribution in [3.8, 4) is 5.69 Å². The molecule has 2 heterocycles. The molecule has 0 bridgehead atoms. The molecule has 4 rings (SSSR count). The first-order chi connectivity index (χ1) is 15.4. The maximum absolute atomic E-state index is 13.4. The Labute approximate surface area is 191 Å². The highest BCUT2D eigenvalue weighted by Crippen LogP contribution is 2.25. The van der Waals surface area contributed by atoms with Gasteiger partial charge in [-0.2, -0.15) is 0 Å². The molecule has 0 aliphatic carbocycles. The summed E-state index contributed by atoms with van der Waals surface area (Å²) in [6.07, 6.45) is 2.27. The Morgan fingerprint density at radius 1 is 1.06 bits per heavy atom. The average molecular weight is 450 g/mol. The Hall–Kier alpha value is -3.13. The second-order valence-electron chi connectivity index (χ2n) is 8.16. The number of carbonyl (C=O) groups excluding carboxylic acids is 1. The van der Waals surface area contributed by atoms with Gasteiger partial charge in [-0.3, -0.25) is 14.0 Å². The van der Waals surface area contributed by atoms with Gasteiger partial charge in [-0.25, -0.2) is 4.57 Å². The van der Waals surface area contributed by atoms with E-state index in [4.69, 9.17) is 0 Å². The molecule has 0 aliphatic rings. The van der Waals surface area contributed by atoms with Crippen LogP contribution in [0.2, 0.25) is 0 Å². The topological polar surface area (TPSA) is 72.5 Å². The molecule has 0 aliphatic heterocycles. The number of rotatable bonds is 7. The third-order valence-corrected chi connectivity index (χ3v) is 6.52. The molecule has 0 N–H and O–H groups in total. The van der Waals surface area contributed by atoms with E-state index in [1.165, 1.54) is 0 Å². The van der Waals surface area contributed by atoms with E-state index < -0.39 is 0 Å². The molecule has 0 radical (unpaired) electrons. The van der Waals surface area contributed by atoms with Gasteiger partial charge < -0.3 is 4.90 Å². The molecule has 1 amide bonds. The lowest BCUT2D eigenvalue weighted by Crippen LogP contribution is -2.22. The van der Waals surface area contributed by atoms with E-state index in [0.717, 1.165) is 46.1 Å². The zero-order valence-corrected chi connectivity index (χ0v) is 19.6. The summed E-state index contributed by atoms with van der Waals surface area (Å²) in [4.78, 5) is 26.8. The van der Waals surface area contributed by atoms with E-state index in [2.05, 4.69) is 16.3 Å². The van der Waals surface area contributed by atoms with Crippen molar-refractivity contribution in [3.05, 3.63) is 63.9 Å². The van der Waals surface area contributed by atoms with Gasteiger partial charge in [0.05, 0.1) is 16.6 Å². The van der Waals surface area contributed by atoms with Crippen LogP contribution in [-0.4, -0.2) is 49.8 Å². The number of aryl methyl sites for hydroxylation is 2. The molecule has 2 aromatic carbocycles. The Kier molecular flexibility index (Phi) is 6.32. The van der Waals surface area contributed by atoms with Gasteiger partial charge in [-0.1, -0.05) is 41.6 Å². The van der Waals surface area contributed by atoms with Crippen LogP contribution in [0.25, 0.3) is 22.4 Å². The van der Waals surface area contributed by atoms with Gasteiger partial charge >= 0.3 is 0 Å². The molecule has 0 saturated heterocycles. The maximum Gasteiger partial charge on any atom is 0.267 e. The number of thioether (sulfide) groups is 1. The predicted octanol–water partition coefficient (Wildman–Crippen LogP) is 4.00. The van der Waals surface area contributed by atoms with E-state index in [0.29, 0.717) is 17.6 Å². The number of hydrogen-bond acceptors (Lipinski definition) is 5. The number of fused-ring (bicyclic) bond motifs is 3. The highest BCUT2D eigenvalue weighted by atomic mass is 32.2. The molecule has 0 unspecified atom stereocenters. The molecule has 7 nitrogen and oxygen atoms in total. The first-order valence-corrected chi connectivity index (χ1v) is 11.7. The lowest BCUT2D eigenvalue weighted by Gasteiger charge is -2.13. The van der Waals surface area contributed by atoms with Crippen LogP contribution in [0.1, 0.15) is 30.4 Å². The second-order valence-corrected chi connectivity index (χ2v) is 9.22. The highest BCUT2D eigenvalue weighted by molar-refractivity contribution is 7.99. The summed E-state index contributed by atoms with van der Waals surface area (Å²) in [5.74, 6) is 1.47. The van der Waals surface area contributed by atoms with Crippen LogP contribution in [0, 0.1) is 13.8 Å². The van der Waals surface area contributed by atoms with Gasteiger partial charge in [0.2, 0.25) is 11.7 Å². The van der Waals surface area contributed by atoms with Crippen LogP contribution in [0.3, 0.4) is 0 Å². The first kappa shape index (κ1) is 22.1. The fourth-order valence-corrected chi connectivity index (χ4v) is 4.75. The van der Waals surface area contributed by atoms with E-state index in [1.807, 2.05) is 54.6 Å². The maximum atomic E-state index is 13.4. The largest absolute Gasteiger partial charge is 0.349 e. The normalized spacial score (nSPS) is 11.4. The van der Waals surface area contributed by atoms with Crippen molar-refractivity contribution in [2.75, 3.05) is 19.8 Å². The van der Waals surface area contributed by atoms with Crippen LogP contribution < -0.4 is 5.56 Å². The van der Waals surface area contributed by atoms with Crippen LogP contribution in [0.4, 0.5) is 0 Å². The summed E-state index contributed by atoms with van der Waals surface area (Å²) in [6.45, 7) is 4.04. The van der Waals surface area contributed by atoms with Crippen molar-refractivity contribution in [1.82, 2.24) is 24.1 Å². The number of benzene rings is 2. The van der Waals surface area contributed by atoms with Crippen molar-refractivity contribution in [2.45, 2.75) is 38.3 Å². The van der Waals surface area contributed by atoms with Gasteiger partial charge in [-0.05, 0) is 50.5 Å². The minimum atomic E-state index is -0.105. The Bertz CT molecular complexity index is 1360. The van der Waals surface area contributed by atoms with Crippen LogP contribution in [0.15, 0.2) is 52.4 Å². The SMILES string of the molecule is Cc1ccc(-n2c(=O)c3ccccc3n3c(SCCCCC(=O)N(C)C)nnc23)c(C)c1. The van der Waals surface area contributed by atoms with Crippen molar-refractivity contribution < 1.29 is 4.79 Å². The Morgan fingerprint density at radius 2 is 1.84 bits per heavy atom. The van der Waals surface area contributed by atoms with Crippen molar-refractivity contribution in [2.24, 2.45) is 0 Å². The van der Waals surface area contributed by atoms with E-state index in [-0.39, 0.29) is 11.5 Å². The van der Waals surface area contributed by atoms with Crippen LogP contribution in [0.5, 0.6) is 0 Å². The van der Waals surface area contributed by atoms with E-state index in [9.17, 15) is 9.59 Å². The molecule has 4 aromatic rings. The quantitative estimate of drug-likeness (QED) is 0.315. The highest BCUT2D eigenvalue weighted by Gasteiger charge is 2.18. The number of unbranched alkanes of at least 4 members (excludes halogenated alkanes) is 1. The number of carbonyl (C=O) groups is 1. The first-order valence-electron chi connectivity index (χ1n) is 10.7. The zero-order chi connectivity index (χ0) is 22.8. The molecule has 8 heteroatoms. The number of amides is 1. The summed E-state index contributed by atoms with van der Waals surface area (Å²) >= 11 is 1.60. The Morgan fingerprint density at radius 3 is 2.59 bits per heavy atom. The van der Waals surface area contributed by atoms with Gasteiger partial charge in [0, 0.05) is 26.3 Å². The second kappa shape index (κ2) is 9.16. The number of aromatic nitrogens is 4. The van der Waals surface area contributed by atoms with Gasteiger partial charge in [-0.15, -0.1) is 10.2 Å². The summed E-state index contributed by atoms with van der Waals surface area (Å²) in [5, 5.41) is 10.2. The monoisotopic (exact) mass is 449 g/mol. The third kappa shape index (κ3) is 4.14. The average Bonchev–Trinajstić information content (AvgIpc) is 3.18. The number of hydrogen-bond donors (Lipinski definition) is 0. The molecule has 166 valence electrons. The molecular weight excluding hydrogens is 422 g/mol. The number of nitrogens with zero attached hydrogens (tertiary/aromatic N) is 5. The fourth-order valence-electron chi connectivity index (χ4n) is 3.81. The lowest BCUT2D eigenvalue weighted by molar-refractivity contribution is -0.128. The van der Waals surface area contributed by atoms with Crippen molar-refractivity contribution in [3.63, 3.8) is 0 Å². The van der Waals surface area contributed by atoms with Gasteiger partial charge in [0.1, 0.15) is 0 Å². The fraction of sp³-hybridized carbons (Fsp3) is 0.333. The summed E-state index contributed by atoms with van der Waals surface area (Å²) < 4.78 is 3.62. The van der Waals surface area contributed by atoms with Gasteiger partial charge in [0.15, 0.2) is 5.16 Å². The standard InChI is InChI=1S/C24H27N5O2S/c1-16-12-13-19(17(2)15-16)28-22(31)18-9-5-6-10-20(18)29-23(28)25-26-24(29)32-14-8-7-11-21(30)27(3)4/h5-6,9-10,12-13,15H,7-8,11,14H2,1-4H3. The molecule has 0 fully saturated rings. The molecule has 32 heavy (non-hydrogen) atoms. The van der Waals surface area contributed by atoms with Gasteiger partial charge in [0.25, 0.3) is 5.56 Å². The van der Waals surface area contributed by atoms with E-state index in [1.54, 1.807) is 35.3 Å². The molecule has 0 atom stereocenters. The lowest BCUT2D eigenvalue weighted by atomic mass is 10.1. The smallest absolute Gasteiger partial charge is 0.267 e. The zero-order valence-electron chi connectivity index (χ0n) is 18.8. The predicted molar refractivity (Wildman–Crippen MR) is 129 cm³/mol. The minimum Gasteiger partial charge on any atom is -0.349 e. The molecule has 2 aromatic heterocycles. The third-order valence-electron chi connectivity index (χ3n) is 5.50. The van der Waals surface area contributed by atoms with Crippen LogP contribution in [-0.2, 0) is 4.79 Å². The Balaban J connectivity index is 1.73. The molecule has 0 spiro atoms. The summed E-state index contributed by atoms with van der Waals surface area (Å²) in [5.41, 5.74) is 3.64. The summed E-state index contributed by atoms with van der Waals surface area (Å²) in [7, 11) is 3.56. The van der Waals surface area contributed by atoms with Crippen molar-refractivity contribution >= 4 is 34.3 Å². The molecular formula is C24H27N5O2S. The molecule has 0 saturated carbocycles. The van der Waals surface area contributed by atoms with Crippen LogP contribution >= 0.6 is 11.8 Å². The summed E-state index contributed by atoms with van der Waals surface area (Å²) in [6, 6.07) is 13.6. The van der Waals surface area contributed by atoms with E-state index >= 15 is 0 Å². The minimum absolute atomic E-state index is 0.105. The number of para-hydroxylation sites is 1.